The molecule has 90 valence electrons. The van der Waals surface area contributed by atoms with Crippen LogP contribution in [-0.4, -0.2) is 12.6 Å². The molecule has 0 unspecified atom stereocenters. The van der Waals surface area contributed by atoms with Crippen LogP contribution in [0.2, 0.25) is 0 Å². The topological polar surface area (TPSA) is 12.0 Å². The Balaban J connectivity index is 1.39. The third-order valence-corrected chi connectivity index (χ3v) is 4.47. The summed E-state index contributed by atoms with van der Waals surface area (Å²) < 4.78 is 0. The molecule has 0 aromatic carbocycles. The summed E-state index contributed by atoms with van der Waals surface area (Å²) in [5.41, 5.74) is 1.73. The first-order valence-corrected chi connectivity index (χ1v) is 7.35. The van der Waals surface area contributed by atoms with E-state index in [9.17, 15) is 0 Å². The van der Waals surface area contributed by atoms with Crippen LogP contribution in [0.5, 0.6) is 0 Å². The van der Waals surface area contributed by atoms with Gasteiger partial charge in [-0.1, -0.05) is 11.6 Å². The normalized spacial score (nSPS) is 25.9. The fourth-order valence-corrected chi connectivity index (χ4v) is 3.16. The maximum absolute atomic E-state index is 3.85. The van der Waals surface area contributed by atoms with Gasteiger partial charge in [0, 0.05) is 6.04 Å². The zero-order chi connectivity index (χ0) is 10.8. The van der Waals surface area contributed by atoms with Gasteiger partial charge in [-0.25, -0.2) is 0 Å². The van der Waals surface area contributed by atoms with Crippen molar-refractivity contribution in [3.63, 3.8) is 0 Å². The Bertz CT molecular complexity index is 249. The highest BCUT2D eigenvalue weighted by Crippen LogP contribution is 2.44. The lowest BCUT2D eigenvalue weighted by atomic mass is 9.97. The van der Waals surface area contributed by atoms with Gasteiger partial charge in [0.2, 0.25) is 0 Å². The molecule has 0 bridgehead atoms. The molecule has 3 aliphatic rings. The van der Waals surface area contributed by atoms with E-state index in [1.807, 2.05) is 0 Å². The highest BCUT2D eigenvalue weighted by molar-refractivity contribution is 5.05. The Morgan fingerprint density at radius 2 is 1.88 bits per heavy atom. The third kappa shape index (κ3) is 2.88. The maximum atomic E-state index is 3.85. The SMILES string of the molecule is C1=C(CCNC(C2CC2)C2CC2)CCCC1. The van der Waals surface area contributed by atoms with Gasteiger partial charge in [0.05, 0.1) is 0 Å². The molecular weight excluding hydrogens is 194 g/mol. The Morgan fingerprint density at radius 3 is 2.44 bits per heavy atom. The van der Waals surface area contributed by atoms with Crippen LogP contribution in [0.25, 0.3) is 0 Å². The van der Waals surface area contributed by atoms with Crippen LogP contribution in [0, 0.1) is 11.8 Å². The lowest BCUT2D eigenvalue weighted by molar-refractivity contribution is 0.418. The molecule has 3 rings (SSSR count). The van der Waals surface area contributed by atoms with Crippen molar-refractivity contribution in [3.05, 3.63) is 11.6 Å². The van der Waals surface area contributed by atoms with Gasteiger partial charge in [-0.2, -0.15) is 0 Å². The van der Waals surface area contributed by atoms with Crippen LogP contribution < -0.4 is 5.32 Å². The van der Waals surface area contributed by atoms with Crippen molar-refractivity contribution in [2.45, 2.75) is 63.8 Å². The predicted octanol–water partition coefficient (Wildman–Crippen LogP) is 3.66. The molecule has 0 heterocycles. The van der Waals surface area contributed by atoms with Crippen molar-refractivity contribution >= 4 is 0 Å². The molecule has 0 aromatic rings. The van der Waals surface area contributed by atoms with Crippen molar-refractivity contribution in [2.75, 3.05) is 6.54 Å². The monoisotopic (exact) mass is 219 g/mol. The fourth-order valence-electron chi connectivity index (χ4n) is 3.16. The van der Waals surface area contributed by atoms with E-state index in [4.69, 9.17) is 0 Å². The molecule has 3 aliphatic carbocycles. The summed E-state index contributed by atoms with van der Waals surface area (Å²) in [5, 5.41) is 3.85. The van der Waals surface area contributed by atoms with Gasteiger partial charge >= 0.3 is 0 Å². The van der Waals surface area contributed by atoms with Gasteiger partial charge in [-0.05, 0) is 76.2 Å². The van der Waals surface area contributed by atoms with Gasteiger partial charge < -0.3 is 5.32 Å². The molecule has 1 N–H and O–H groups in total. The fraction of sp³-hybridized carbons (Fsp3) is 0.867. The van der Waals surface area contributed by atoms with Crippen molar-refractivity contribution < 1.29 is 0 Å². The van der Waals surface area contributed by atoms with E-state index in [0.717, 1.165) is 17.9 Å². The van der Waals surface area contributed by atoms with Crippen molar-refractivity contribution in [1.29, 1.82) is 0 Å². The molecule has 0 saturated heterocycles. The lowest BCUT2D eigenvalue weighted by Gasteiger charge is -2.19. The molecule has 16 heavy (non-hydrogen) atoms. The van der Waals surface area contributed by atoms with Crippen molar-refractivity contribution in [2.24, 2.45) is 11.8 Å². The lowest BCUT2D eigenvalue weighted by Crippen LogP contribution is -2.34. The Kier molecular flexibility index (Phi) is 3.32. The average molecular weight is 219 g/mol. The number of hydrogen-bond donors (Lipinski definition) is 1. The molecule has 0 amide bonds. The van der Waals surface area contributed by atoms with Gasteiger partial charge in [-0.15, -0.1) is 0 Å². The van der Waals surface area contributed by atoms with E-state index in [1.165, 1.54) is 64.3 Å². The predicted molar refractivity (Wildman–Crippen MR) is 68.4 cm³/mol. The van der Waals surface area contributed by atoms with Gasteiger partial charge in [0.25, 0.3) is 0 Å². The zero-order valence-electron chi connectivity index (χ0n) is 10.4. The Morgan fingerprint density at radius 1 is 1.12 bits per heavy atom. The molecule has 1 nitrogen and oxygen atoms in total. The zero-order valence-corrected chi connectivity index (χ0v) is 10.4. The minimum atomic E-state index is 0.893. The summed E-state index contributed by atoms with van der Waals surface area (Å²) >= 11 is 0. The van der Waals surface area contributed by atoms with Crippen LogP contribution in [0.15, 0.2) is 11.6 Å². The van der Waals surface area contributed by atoms with Crippen LogP contribution >= 0.6 is 0 Å². The third-order valence-electron chi connectivity index (χ3n) is 4.47. The maximum Gasteiger partial charge on any atom is 0.0124 e. The quantitative estimate of drug-likeness (QED) is 0.672. The van der Waals surface area contributed by atoms with E-state index >= 15 is 0 Å². The highest BCUT2D eigenvalue weighted by Gasteiger charge is 2.40. The van der Waals surface area contributed by atoms with Crippen LogP contribution in [0.3, 0.4) is 0 Å². The van der Waals surface area contributed by atoms with Crippen molar-refractivity contribution in [3.8, 4) is 0 Å². The first-order chi connectivity index (χ1) is 7.93. The summed E-state index contributed by atoms with van der Waals surface area (Å²) in [7, 11) is 0. The second-order valence-corrected chi connectivity index (χ2v) is 6.01. The van der Waals surface area contributed by atoms with Gasteiger partial charge in [0.1, 0.15) is 0 Å². The first-order valence-electron chi connectivity index (χ1n) is 7.35. The number of hydrogen-bond acceptors (Lipinski definition) is 1. The second kappa shape index (κ2) is 4.91. The second-order valence-electron chi connectivity index (χ2n) is 6.01. The molecule has 1 heteroatoms. The first kappa shape index (κ1) is 10.8. The van der Waals surface area contributed by atoms with Crippen molar-refractivity contribution in [1.82, 2.24) is 5.32 Å². The molecular formula is C15H25N. The molecule has 2 saturated carbocycles. The summed E-state index contributed by atoms with van der Waals surface area (Å²) in [6, 6.07) is 0.893. The van der Waals surface area contributed by atoms with E-state index in [0.29, 0.717) is 0 Å². The smallest absolute Gasteiger partial charge is 0.0124 e. The largest absolute Gasteiger partial charge is 0.313 e. The minimum absolute atomic E-state index is 0.893. The minimum Gasteiger partial charge on any atom is -0.313 e. The number of rotatable bonds is 6. The van der Waals surface area contributed by atoms with Gasteiger partial charge in [0.15, 0.2) is 0 Å². The van der Waals surface area contributed by atoms with Crippen LogP contribution in [-0.2, 0) is 0 Å². The van der Waals surface area contributed by atoms with E-state index in [-0.39, 0.29) is 0 Å². The van der Waals surface area contributed by atoms with E-state index in [2.05, 4.69) is 11.4 Å². The molecule has 0 aromatic heterocycles. The molecule has 0 spiro atoms. The van der Waals surface area contributed by atoms with E-state index < -0.39 is 0 Å². The van der Waals surface area contributed by atoms with Crippen LogP contribution in [0.4, 0.5) is 0 Å². The molecule has 0 aliphatic heterocycles. The van der Waals surface area contributed by atoms with E-state index in [1.54, 1.807) is 5.57 Å². The average Bonchev–Trinajstić information content (AvgIpc) is 3.17. The van der Waals surface area contributed by atoms with Gasteiger partial charge in [-0.3, -0.25) is 0 Å². The van der Waals surface area contributed by atoms with Crippen LogP contribution in [0.1, 0.15) is 57.8 Å². The molecule has 0 radical (unpaired) electrons. The summed E-state index contributed by atoms with van der Waals surface area (Å²) in [4.78, 5) is 0. The summed E-state index contributed by atoms with van der Waals surface area (Å²) in [6.07, 6.45) is 15.4. The Hall–Kier alpha value is -0.300. The summed E-state index contributed by atoms with van der Waals surface area (Å²) in [6.45, 7) is 1.24. The number of nitrogens with one attached hydrogen (secondary N) is 1. The highest BCUT2D eigenvalue weighted by atomic mass is 14.9. The number of allylic oxidation sites excluding steroid dienone is 1. The molecule has 2 fully saturated rings. The standard InChI is InChI=1S/C15H25N/c1-2-4-12(5-3-1)10-11-16-15(13-6-7-13)14-8-9-14/h4,13-16H,1-3,5-11H2. The summed E-state index contributed by atoms with van der Waals surface area (Å²) in [5.74, 6) is 2.10. The Labute approximate surface area is 99.7 Å². The molecule has 0 atom stereocenters.